The third kappa shape index (κ3) is 47.7. The van der Waals surface area contributed by atoms with Gasteiger partial charge in [0.1, 0.15) is 13.2 Å². The number of hydrogen-bond donors (Lipinski definition) is 0. The number of esters is 3. The predicted octanol–water partition coefficient (Wildman–Crippen LogP) is 16.6. The highest BCUT2D eigenvalue weighted by atomic mass is 16.6. The lowest BCUT2D eigenvalue weighted by Gasteiger charge is -2.18. The zero-order valence-electron chi connectivity index (χ0n) is 39.9. The molecule has 0 aliphatic rings. The third-order valence-corrected chi connectivity index (χ3v) is 10.7. The van der Waals surface area contributed by atoms with Gasteiger partial charge in [0.05, 0.1) is 0 Å². The molecule has 0 amide bonds. The average molecular weight is 851 g/mol. The first-order chi connectivity index (χ1) is 30.0. The van der Waals surface area contributed by atoms with E-state index in [0.29, 0.717) is 19.3 Å². The molecule has 1 atom stereocenters. The molecule has 0 fully saturated rings. The highest BCUT2D eigenvalue weighted by Gasteiger charge is 2.19. The summed E-state index contributed by atoms with van der Waals surface area (Å²) >= 11 is 0. The Morgan fingerprint density at radius 3 is 1.03 bits per heavy atom. The molecule has 0 heterocycles. The van der Waals surface area contributed by atoms with Gasteiger partial charge in [-0.05, 0) is 89.9 Å². The van der Waals surface area contributed by atoms with E-state index in [1.165, 1.54) is 77.0 Å². The lowest BCUT2D eigenvalue weighted by atomic mass is 10.1. The fourth-order valence-corrected chi connectivity index (χ4v) is 6.87. The molecule has 0 radical (unpaired) electrons. The molecule has 0 rings (SSSR count). The van der Waals surface area contributed by atoms with Crippen molar-refractivity contribution < 1.29 is 28.6 Å². The summed E-state index contributed by atoms with van der Waals surface area (Å²) in [6.07, 6.45) is 61.7. The van der Waals surface area contributed by atoms with E-state index < -0.39 is 6.10 Å². The SMILES string of the molecule is CC/C=C\C/C=C\C/C=C\C/C=C\C/C=C\CCCCCCCC(=O)OCC(COC(=O)CCCCCCCCCCC)OC(=O)CCCCCCC/C=C\CCCCCC. The summed E-state index contributed by atoms with van der Waals surface area (Å²) < 4.78 is 16.7. The van der Waals surface area contributed by atoms with E-state index in [4.69, 9.17) is 14.2 Å². The maximum Gasteiger partial charge on any atom is 0.306 e. The molecule has 0 aromatic heterocycles. The molecule has 0 aromatic carbocycles. The molecule has 0 saturated heterocycles. The van der Waals surface area contributed by atoms with Gasteiger partial charge in [0.15, 0.2) is 6.10 Å². The fraction of sp³-hybridized carbons (Fsp3) is 0.727. The van der Waals surface area contributed by atoms with Crippen LogP contribution in [0.1, 0.15) is 239 Å². The molecule has 0 aliphatic heterocycles. The Balaban J connectivity index is 4.35. The summed E-state index contributed by atoms with van der Waals surface area (Å²) in [5.74, 6) is -0.915. The van der Waals surface area contributed by atoms with Crippen molar-refractivity contribution in [2.45, 2.75) is 245 Å². The van der Waals surface area contributed by atoms with Crippen molar-refractivity contribution in [3.8, 4) is 0 Å². The first-order valence-electron chi connectivity index (χ1n) is 25.4. The number of carbonyl (C=O) groups excluding carboxylic acids is 3. The van der Waals surface area contributed by atoms with Crippen LogP contribution in [0.4, 0.5) is 0 Å². The second-order valence-electron chi connectivity index (χ2n) is 16.7. The summed E-state index contributed by atoms with van der Waals surface area (Å²) in [7, 11) is 0. The molecule has 0 aromatic rings. The minimum atomic E-state index is -0.784. The zero-order valence-corrected chi connectivity index (χ0v) is 39.9. The van der Waals surface area contributed by atoms with Crippen LogP contribution in [-0.4, -0.2) is 37.2 Å². The van der Waals surface area contributed by atoms with Gasteiger partial charge in [0, 0.05) is 19.3 Å². The van der Waals surface area contributed by atoms with Crippen LogP contribution in [0.2, 0.25) is 0 Å². The lowest BCUT2D eigenvalue weighted by Crippen LogP contribution is -2.30. The van der Waals surface area contributed by atoms with Gasteiger partial charge in [-0.3, -0.25) is 14.4 Å². The first-order valence-corrected chi connectivity index (χ1v) is 25.4. The van der Waals surface area contributed by atoms with Gasteiger partial charge in [-0.1, -0.05) is 203 Å². The molecule has 0 spiro atoms. The summed E-state index contributed by atoms with van der Waals surface area (Å²) in [6, 6.07) is 0. The molecule has 0 saturated carbocycles. The smallest absolute Gasteiger partial charge is 0.306 e. The van der Waals surface area contributed by atoms with E-state index in [2.05, 4.69) is 93.7 Å². The molecule has 61 heavy (non-hydrogen) atoms. The zero-order chi connectivity index (χ0) is 44.4. The maximum atomic E-state index is 12.7. The number of hydrogen-bond acceptors (Lipinski definition) is 6. The van der Waals surface area contributed by atoms with Crippen molar-refractivity contribution in [3.63, 3.8) is 0 Å². The molecule has 0 aliphatic carbocycles. The molecule has 6 heteroatoms. The largest absolute Gasteiger partial charge is 0.462 e. The van der Waals surface area contributed by atoms with Crippen molar-refractivity contribution in [1.29, 1.82) is 0 Å². The van der Waals surface area contributed by atoms with Gasteiger partial charge in [-0.25, -0.2) is 0 Å². The number of allylic oxidation sites excluding steroid dienone is 12. The lowest BCUT2D eigenvalue weighted by molar-refractivity contribution is -0.167. The minimum Gasteiger partial charge on any atom is -0.462 e. The van der Waals surface area contributed by atoms with Gasteiger partial charge in [0.2, 0.25) is 0 Å². The van der Waals surface area contributed by atoms with E-state index in [-0.39, 0.29) is 31.1 Å². The summed E-state index contributed by atoms with van der Waals surface area (Å²) in [6.45, 7) is 6.46. The Hall–Kier alpha value is -3.15. The van der Waals surface area contributed by atoms with Gasteiger partial charge in [-0.15, -0.1) is 0 Å². The van der Waals surface area contributed by atoms with Crippen LogP contribution >= 0.6 is 0 Å². The van der Waals surface area contributed by atoms with Crippen molar-refractivity contribution >= 4 is 17.9 Å². The van der Waals surface area contributed by atoms with Crippen LogP contribution < -0.4 is 0 Å². The minimum absolute atomic E-state index is 0.0840. The van der Waals surface area contributed by atoms with Crippen molar-refractivity contribution in [2.75, 3.05) is 13.2 Å². The van der Waals surface area contributed by atoms with E-state index in [1.54, 1.807) is 0 Å². The molecular weight excluding hydrogens is 757 g/mol. The Kier molecular flexibility index (Phi) is 46.9. The number of ether oxygens (including phenoxy) is 3. The van der Waals surface area contributed by atoms with Gasteiger partial charge >= 0.3 is 17.9 Å². The van der Waals surface area contributed by atoms with E-state index in [0.717, 1.165) is 122 Å². The molecular formula is C55H94O6. The Morgan fingerprint density at radius 2 is 0.639 bits per heavy atom. The molecule has 0 bridgehead atoms. The van der Waals surface area contributed by atoms with Crippen LogP contribution in [0.5, 0.6) is 0 Å². The van der Waals surface area contributed by atoms with Crippen molar-refractivity contribution in [1.82, 2.24) is 0 Å². The second-order valence-corrected chi connectivity index (χ2v) is 16.7. The quantitative estimate of drug-likeness (QED) is 0.0263. The highest BCUT2D eigenvalue weighted by molar-refractivity contribution is 5.71. The first kappa shape index (κ1) is 57.9. The normalized spacial score (nSPS) is 12.6. The molecule has 350 valence electrons. The fourth-order valence-electron chi connectivity index (χ4n) is 6.87. The summed E-state index contributed by atoms with van der Waals surface area (Å²) in [4.78, 5) is 37.8. The third-order valence-electron chi connectivity index (χ3n) is 10.7. The Labute approximate surface area is 376 Å². The maximum absolute atomic E-state index is 12.7. The Bertz CT molecular complexity index is 1160. The van der Waals surface area contributed by atoms with Crippen LogP contribution in [0.3, 0.4) is 0 Å². The molecule has 6 nitrogen and oxygen atoms in total. The molecule has 1 unspecified atom stereocenters. The monoisotopic (exact) mass is 851 g/mol. The van der Waals surface area contributed by atoms with Gasteiger partial charge in [-0.2, -0.15) is 0 Å². The topological polar surface area (TPSA) is 78.9 Å². The number of rotatable bonds is 45. The summed E-state index contributed by atoms with van der Waals surface area (Å²) in [5, 5.41) is 0. The van der Waals surface area contributed by atoms with Crippen LogP contribution in [-0.2, 0) is 28.6 Å². The van der Waals surface area contributed by atoms with E-state index >= 15 is 0 Å². The number of carbonyl (C=O) groups is 3. The van der Waals surface area contributed by atoms with Crippen molar-refractivity contribution in [2.24, 2.45) is 0 Å². The molecule has 0 N–H and O–H groups in total. The van der Waals surface area contributed by atoms with Gasteiger partial charge in [0.25, 0.3) is 0 Å². The summed E-state index contributed by atoms with van der Waals surface area (Å²) in [5.41, 5.74) is 0. The predicted molar refractivity (Wildman–Crippen MR) is 261 cm³/mol. The average Bonchev–Trinajstić information content (AvgIpc) is 3.26. The Morgan fingerprint density at radius 1 is 0.344 bits per heavy atom. The van der Waals surface area contributed by atoms with Gasteiger partial charge < -0.3 is 14.2 Å². The van der Waals surface area contributed by atoms with Crippen LogP contribution in [0.15, 0.2) is 72.9 Å². The van der Waals surface area contributed by atoms with Crippen LogP contribution in [0, 0.1) is 0 Å². The highest BCUT2D eigenvalue weighted by Crippen LogP contribution is 2.14. The second kappa shape index (κ2) is 49.5. The standard InChI is InChI=1S/C55H94O6/c1-4-7-10-13-16-19-21-23-24-25-26-27-28-29-30-32-33-36-39-42-45-48-54(57)60-51-52(50-59-53(56)47-44-41-38-35-18-15-12-9-6-3)61-55(58)49-46-43-40-37-34-31-22-20-17-14-11-8-5-2/h7,10,16,19-20,22-24,26-27,29-30,52H,4-6,8-9,11-15,17-18,21,25,28,31-51H2,1-3H3/b10-7-,19-16-,22-20-,24-23-,27-26-,30-29-. The van der Waals surface area contributed by atoms with Crippen molar-refractivity contribution in [3.05, 3.63) is 72.9 Å². The van der Waals surface area contributed by atoms with E-state index in [1.807, 2.05) is 0 Å². The number of unbranched alkanes of at least 4 members (excludes halogenated alkanes) is 22. The van der Waals surface area contributed by atoms with Crippen LogP contribution in [0.25, 0.3) is 0 Å². The van der Waals surface area contributed by atoms with E-state index in [9.17, 15) is 14.4 Å².